The van der Waals surface area contributed by atoms with E-state index in [-0.39, 0.29) is 0 Å². The summed E-state index contributed by atoms with van der Waals surface area (Å²) in [5, 5.41) is 9.93. The number of halogens is 2. The minimum atomic E-state index is 0.495. The van der Waals surface area contributed by atoms with Crippen LogP contribution >= 0.6 is 23.2 Å². The smallest absolute Gasteiger partial charge is 0.0635 e. The SMILES string of the molecule is COCCN(CCC#N)Cc1ccc(Cl)cc1Cl. The molecule has 0 unspecified atom stereocenters. The molecule has 3 nitrogen and oxygen atoms in total. The normalized spacial score (nSPS) is 10.6. The summed E-state index contributed by atoms with van der Waals surface area (Å²) in [5.74, 6) is 0. The average Bonchev–Trinajstić information content (AvgIpc) is 2.35. The van der Waals surface area contributed by atoms with Crippen LogP contribution in [0.3, 0.4) is 0 Å². The van der Waals surface area contributed by atoms with Crippen LogP contribution in [0.2, 0.25) is 10.0 Å². The predicted octanol–water partition coefficient (Wildman–Crippen LogP) is 3.36. The Labute approximate surface area is 118 Å². The molecule has 0 atom stereocenters. The number of nitriles is 1. The average molecular weight is 287 g/mol. The highest BCUT2D eigenvalue weighted by molar-refractivity contribution is 6.35. The molecule has 1 aromatic rings. The summed E-state index contributed by atoms with van der Waals surface area (Å²) in [6.07, 6.45) is 0.495. The first-order chi connectivity index (χ1) is 8.67. The van der Waals surface area contributed by atoms with Crippen molar-refractivity contribution in [1.82, 2.24) is 4.90 Å². The topological polar surface area (TPSA) is 36.3 Å². The monoisotopic (exact) mass is 286 g/mol. The quantitative estimate of drug-likeness (QED) is 0.771. The van der Waals surface area contributed by atoms with E-state index in [1.165, 1.54) is 0 Å². The molecule has 0 spiro atoms. The summed E-state index contributed by atoms with van der Waals surface area (Å²) in [4.78, 5) is 2.14. The molecule has 0 saturated heterocycles. The van der Waals surface area contributed by atoms with Crippen LogP contribution in [0.5, 0.6) is 0 Å². The lowest BCUT2D eigenvalue weighted by molar-refractivity contribution is 0.145. The van der Waals surface area contributed by atoms with Crippen molar-refractivity contribution in [2.75, 3.05) is 26.8 Å². The Kier molecular flexibility index (Phi) is 7.07. The minimum Gasteiger partial charge on any atom is -0.383 e. The zero-order valence-corrected chi connectivity index (χ0v) is 11.8. The molecule has 18 heavy (non-hydrogen) atoms. The second-order valence-electron chi connectivity index (χ2n) is 3.91. The van der Waals surface area contributed by atoms with Crippen LogP contribution in [-0.2, 0) is 11.3 Å². The summed E-state index contributed by atoms with van der Waals surface area (Å²) in [6.45, 7) is 2.81. The maximum absolute atomic E-state index is 8.65. The van der Waals surface area contributed by atoms with Crippen molar-refractivity contribution in [3.8, 4) is 6.07 Å². The highest BCUT2D eigenvalue weighted by atomic mass is 35.5. The molecule has 1 rings (SSSR count). The predicted molar refractivity (Wildman–Crippen MR) is 73.8 cm³/mol. The van der Waals surface area contributed by atoms with Gasteiger partial charge in [-0.25, -0.2) is 0 Å². The Morgan fingerprint density at radius 1 is 1.33 bits per heavy atom. The van der Waals surface area contributed by atoms with Crippen LogP contribution in [0.4, 0.5) is 0 Å². The van der Waals surface area contributed by atoms with Crippen LogP contribution < -0.4 is 0 Å². The Hall–Kier alpha value is -0.790. The Morgan fingerprint density at radius 2 is 2.11 bits per heavy atom. The Bertz CT molecular complexity index is 418. The number of hydrogen-bond acceptors (Lipinski definition) is 3. The van der Waals surface area contributed by atoms with Crippen molar-refractivity contribution in [1.29, 1.82) is 5.26 Å². The Morgan fingerprint density at radius 3 is 2.72 bits per heavy atom. The third kappa shape index (κ3) is 5.24. The van der Waals surface area contributed by atoms with Crippen LogP contribution in [0.25, 0.3) is 0 Å². The number of nitrogens with zero attached hydrogens (tertiary/aromatic N) is 2. The fourth-order valence-electron chi connectivity index (χ4n) is 1.59. The number of benzene rings is 1. The first-order valence-electron chi connectivity index (χ1n) is 5.69. The van der Waals surface area contributed by atoms with Gasteiger partial charge in [0.1, 0.15) is 0 Å². The van der Waals surface area contributed by atoms with E-state index in [1.807, 2.05) is 12.1 Å². The molecular formula is C13H16Cl2N2O. The zero-order valence-electron chi connectivity index (χ0n) is 10.3. The molecule has 0 amide bonds. The van der Waals surface area contributed by atoms with E-state index in [9.17, 15) is 0 Å². The van der Waals surface area contributed by atoms with Gasteiger partial charge in [-0.3, -0.25) is 4.90 Å². The molecule has 0 saturated carbocycles. The van der Waals surface area contributed by atoms with Crippen LogP contribution in [0.15, 0.2) is 18.2 Å². The number of ether oxygens (including phenoxy) is 1. The first kappa shape index (κ1) is 15.3. The van der Waals surface area contributed by atoms with Crippen molar-refractivity contribution >= 4 is 23.2 Å². The van der Waals surface area contributed by atoms with Gasteiger partial charge in [-0.1, -0.05) is 29.3 Å². The van der Waals surface area contributed by atoms with Crippen molar-refractivity contribution < 1.29 is 4.74 Å². The molecule has 0 bridgehead atoms. The molecule has 0 heterocycles. The molecule has 5 heteroatoms. The van der Waals surface area contributed by atoms with Crippen molar-refractivity contribution in [3.63, 3.8) is 0 Å². The van der Waals surface area contributed by atoms with E-state index < -0.39 is 0 Å². The van der Waals surface area contributed by atoms with Crippen LogP contribution in [0, 0.1) is 11.3 Å². The van der Waals surface area contributed by atoms with Gasteiger partial charge in [0.2, 0.25) is 0 Å². The van der Waals surface area contributed by atoms with Crippen LogP contribution in [-0.4, -0.2) is 31.7 Å². The van der Waals surface area contributed by atoms with Crippen molar-refractivity contribution in [3.05, 3.63) is 33.8 Å². The van der Waals surface area contributed by atoms with Gasteiger partial charge in [-0.2, -0.15) is 5.26 Å². The minimum absolute atomic E-state index is 0.495. The Balaban J connectivity index is 2.66. The molecule has 0 fully saturated rings. The van der Waals surface area contributed by atoms with E-state index in [0.717, 1.165) is 12.1 Å². The largest absolute Gasteiger partial charge is 0.383 e. The standard InChI is InChI=1S/C13H16Cl2N2O/c1-18-8-7-17(6-2-5-16)10-11-3-4-12(14)9-13(11)15/h3-4,9H,2,6-8,10H2,1H3. The maximum atomic E-state index is 8.65. The first-order valence-corrected chi connectivity index (χ1v) is 6.45. The van der Waals surface area contributed by atoms with E-state index >= 15 is 0 Å². The third-order valence-corrected chi connectivity index (χ3v) is 3.15. The van der Waals surface area contributed by atoms with Gasteiger partial charge in [-0.05, 0) is 17.7 Å². The summed E-state index contributed by atoms with van der Waals surface area (Å²) >= 11 is 12.0. The fraction of sp³-hybridized carbons (Fsp3) is 0.462. The van der Waals surface area contributed by atoms with E-state index in [1.54, 1.807) is 13.2 Å². The second-order valence-corrected chi connectivity index (χ2v) is 4.76. The molecular weight excluding hydrogens is 271 g/mol. The highest BCUT2D eigenvalue weighted by Crippen LogP contribution is 2.22. The molecule has 0 aliphatic carbocycles. The van der Waals surface area contributed by atoms with Gasteiger partial charge < -0.3 is 4.74 Å². The molecule has 0 radical (unpaired) electrons. The maximum Gasteiger partial charge on any atom is 0.0635 e. The number of rotatable bonds is 7. The number of methoxy groups -OCH3 is 1. The van der Waals surface area contributed by atoms with Gasteiger partial charge in [0, 0.05) is 43.2 Å². The van der Waals surface area contributed by atoms with E-state index in [2.05, 4.69) is 11.0 Å². The summed E-state index contributed by atoms with van der Waals surface area (Å²) in [7, 11) is 1.66. The van der Waals surface area contributed by atoms with E-state index in [4.69, 9.17) is 33.2 Å². The van der Waals surface area contributed by atoms with Gasteiger partial charge >= 0.3 is 0 Å². The van der Waals surface area contributed by atoms with Gasteiger partial charge in [0.25, 0.3) is 0 Å². The van der Waals surface area contributed by atoms with Crippen molar-refractivity contribution in [2.24, 2.45) is 0 Å². The van der Waals surface area contributed by atoms with Crippen LogP contribution in [0.1, 0.15) is 12.0 Å². The summed E-state index contributed by atoms with van der Waals surface area (Å²) in [5.41, 5.74) is 1.01. The molecule has 0 aliphatic rings. The third-order valence-electron chi connectivity index (χ3n) is 2.56. The van der Waals surface area contributed by atoms with Gasteiger partial charge in [0.05, 0.1) is 12.7 Å². The zero-order chi connectivity index (χ0) is 13.4. The molecule has 98 valence electrons. The molecule has 0 aromatic heterocycles. The van der Waals surface area contributed by atoms with Crippen molar-refractivity contribution in [2.45, 2.75) is 13.0 Å². The molecule has 0 N–H and O–H groups in total. The second kappa shape index (κ2) is 8.34. The lowest BCUT2D eigenvalue weighted by Gasteiger charge is -2.21. The molecule has 1 aromatic carbocycles. The van der Waals surface area contributed by atoms with Gasteiger partial charge in [0.15, 0.2) is 0 Å². The highest BCUT2D eigenvalue weighted by Gasteiger charge is 2.08. The lowest BCUT2D eigenvalue weighted by Crippen LogP contribution is -2.28. The fourth-order valence-corrected chi connectivity index (χ4v) is 2.06. The number of hydrogen-bond donors (Lipinski definition) is 0. The van der Waals surface area contributed by atoms with E-state index in [0.29, 0.717) is 36.2 Å². The van der Waals surface area contributed by atoms with Gasteiger partial charge in [-0.15, -0.1) is 0 Å². The summed E-state index contributed by atoms with van der Waals surface area (Å²) < 4.78 is 5.06. The summed E-state index contributed by atoms with van der Waals surface area (Å²) in [6, 6.07) is 7.62. The molecule has 0 aliphatic heterocycles. The lowest BCUT2D eigenvalue weighted by atomic mass is 10.2.